The SMILES string of the molecule is CC(=O)c1cc(F)c(C)cc1N1CCN(C)C(C)C1. The molecule has 1 heterocycles. The molecule has 1 aliphatic rings. The average Bonchev–Trinajstić information content (AvgIpc) is 2.35. The van der Waals surface area contributed by atoms with Crippen molar-refractivity contribution in [3.63, 3.8) is 0 Å². The summed E-state index contributed by atoms with van der Waals surface area (Å²) in [6.07, 6.45) is 0. The maximum absolute atomic E-state index is 13.6. The van der Waals surface area contributed by atoms with Crippen LogP contribution in [0.4, 0.5) is 10.1 Å². The molecule has 0 spiro atoms. The predicted molar refractivity (Wildman–Crippen MR) is 75.4 cm³/mol. The number of likely N-dealkylation sites (N-methyl/N-ethyl adjacent to an activating group) is 1. The summed E-state index contributed by atoms with van der Waals surface area (Å²) in [6, 6.07) is 3.60. The second kappa shape index (κ2) is 5.29. The van der Waals surface area contributed by atoms with Crippen molar-refractivity contribution in [1.29, 1.82) is 0 Å². The highest BCUT2D eigenvalue weighted by Gasteiger charge is 2.24. The third kappa shape index (κ3) is 2.78. The van der Waals surface area contributed by atoms with Gasteiger partial charge in [0, 0.05) is 36.9 Å². The molecule has 2 rings (SSSR count). The number of Topliss-reactive ketones (excluding diaryl/α,β-unsaturated/α-hetero) is 1. The quantitative estimate of drug-likeness (QED) is 0.767. The molecule has 3 nitrogen and oxygen atoms in total. The number of benzene rings is 1. The molecule has 1 aliphatic heterocycles. The molecule has 1 saturated heterocycles. The van der Waals surface area contributed by atoms with Gasteiger partial charge in [-0.15, -0.1) is 0 Å². The molecule has 0 bridgehead atoms. The van der Waals surface area contributed by atoms with E-state index in [1.54, 1.807) is 13.0 Å². The Hall–Kier alpha value is -1.42. The highest BCUT2D eigenvalue weighted by molar-refractivity contribution is 6.00. The number of aryl methyl sites for hydroxylation is 1. The number of carbonyl (C=O) groups excluding carboxylic acids is 1. The highest BCUT2D eigenvalue weighted by Crippen LogP contribution is 2.27. The van der Waals surface area contributed by atoms with Gasteiger partial charge in [0.2, 0.25) is 0 Å². The molecule has 0 amide bonds. The zero-order valence-corrected chi connectivity index (χ0v) is 12.0. The lowest BCUT2D eigenvalue weighted by Gasteiger charge is -2.39. The van der Waals surface area contributed by atoms with E-state index >= 15 is 0 Å². The summed E-state index contributed by atoms with van der Waals surface area (Å²) in [4.78, 5) is 16.2. The molecule has 1 aromatic rings. The normalized spacial score (nSPS) is 20.7. The molecule has 1 unspecified atom stereocenters. The molecule has 4 heteroatoms. The topological polar surface area (TPSA) is 23.6 Å². The van der Waals surface area contributed by atoms with E-state index in [9.17, 15) is 9.18 Å². The fourth-order valence-electron chi connectivity index (χ4n) is 2.48. The van der Waals surface area contributed by atoms with Crippen LogP contribution >= 0.6 is 0 Å². The molecular formula is C15H21FN2O. The number of hydrogen-bond donors (Lipinski definition) is 0. The first-order valence-corrected chi connectivity index (χ1v) is 6.66. The van der Waals surface area contributed by atoms with Crippen molar-refractivity contribution in [3.05, 3.63) is 29.1 Å². The number of hydrogen-bond acceptors (Lipinski definition) is 3. The Labute approximate surface area is 114 Å². The Balaban J connectivity index is 2.38. The lowest BCUT2D eigenvalue weighted by atomic mass is 10.0. The summed E-state index contributed by atoms with van der Waals surface area (Å²) >= 11 is 0. The van der Waals surface area contributed by atoms with Gasteiger partial charge in [0.1, 0.15) is 5.82 Å². The Bertz CT molecular complexity index is 501. The molecule has 19 heavy (non-hydrogen) atoms. The smallest absolute Gasteiger partial charge is 0.161 e. The Morgan fingerprint density at radius 1 is 1.37 bits per heavy atom. The minimum Gasteiger partial charge on any atom is -0.368 e. The van der Waals surface area contributed by atoms with Crippen molar-refractivity contribution in [2.24, 2.45) is 0 Å². The predicted octanol–water partition coefficient (Wildman–Crippen LogP) is 2.48. The van der Waals surface area contributed by atoms with E-state index in [1.807, 2.05) is 0 Å². The molecule has 0 aliphatic carbocycles. The Morgan fingerprint density at radius 2 is 2.05 bits per heavy atom. The fourth-order valence-corrected chi connectivity index (χ4v) is 2.48. The van der Waals surface area contributed by atoms with Gasteiger partial charge in [-0.2, -0.15) is 0 Å². The zero-order chi connectivity index (χ0) is 14.2. The van der Waals surface area contributed by atoms with E-state index in [0.717, 1.165) is 25.3 Å². The molecule has 1 aromatic carbocycles. The summed E-state index contributed by atoms with van der Waals surface area (Å²) in [5.41, 5.74) is 1.94. The molecule has 104 valence electrons. The molecule has 0 saturated carbocycles. The molecule has 0 radical (unpaired) electrons. The number of anilines is 1. The molecular weight excluding hydrogens is 243 g/mol. The number of rotatable bonds is 2. The average molecular weight is 264 g/mol. The van der Waals surface area contributed by atoms with Crippen LogP contribution in [-0.4, -0.2) is 43.4 Å². The number of nitrogens with zero attached hydrogens (tertiary/aromatic N) is 2. The van der Waals surface area contributed by atoms with E-state index in [2.05, 4.69) is 23.8 Å². The molecule has 1 atom stereocenters. The van der Waals surface area contributed by atoms with Gasteiger partial charge < -0.3 is 9.80 Å². The molecule has 0 aromatic heterocycles. The summed E-state index contributed by atoms with van der Waals surface area (Å²) in [5.74, 6) is -0.392. The number of carbonyl (C=O) groups is 1. The standard InChI is InChI=1S/C15H21FN2O/c1-10-7-15(13(12(3)19)8-14(10)16)18-6-5-17(4)11(2)9-18/h7-8,11H,5-6,9H2,1-4H3. The summed E-state index contributed by atoms with van der Waals surface area (Å²) in [7, 11) is 2.10. The van der Waals surface area contributed by atoms with Crippen LogP contribution < -0.4 is 4.90 Å². The van der Waals surface area contributed by atoms with Gasteiger partial charge in [0.05, 0.1) is 0 Å². The third-order valence-electron chi connectivity index (χ3n) is 3.96. The zero-order valence-electron chi connectivity index (χ0n) is 12.0. The van der Waals surface area contributed by atoms with Crippen molar-refractivity contribution in [2.45, 2.75) is 26.8 Å². The van der Waals surface area contributed by atoms with E-state index in [4.69, 9.17) is 0 Å². The van der Waals surface area contributed by atoms with Gasteiger partial charge in [-0.05, 0) is 45.5 Å². The van der Waals surface area contributed by atoms with Crippen molar-refractivity contribution in [3.8, 4) is 0 Å². The lowest BCUT2D eigenvalue weighted by Crippen LogP contribution is -2.50. The van der Waals surface area contributed by atoms with Gasteiger partial charge in [-0.25, -0.2) is 4.39 Å². The minimum absolute atomic E-state index is 0.0829. The summed E-state index contributed by atoms with van der Waals surface area (Å²) in [6.45, 7) is 8.08. The van der Waals surface area contributed by atoms with Crippen molar-refractivity contribution in [2.75, 3.05) is 31.6 Å². The van der Waals surface area contributed by atoms with Crippen LogP contribution in [0.1, 0.15) is 29.8 Å². The van der Waals surface area contributed by atoms with Crippen LogP contribution in [0.15, 0.2) is 12.1 Å². The van der Waals surface area contributed by atoms with Crippen molar-refractivity contribution >= 4 is 11.5 Å². The van der Waals surface area contributed by atoms with E-state index in [-0.39, 0.29) is 11.6 Å². The highest BCUT2D eigenvalue weighted by atomic mass is 19.1. The Kier molecular flexibility index (Phi) is 3.90. The maximum Gasteiger partial charge on any atom is 0.161 e. The van der Waals surface area contributed by atoms with Crippen LogP contribution in [0, 0.1) is 12.7 Å². The first kappa shape index (κ1) is 14.0. The monoisotopic (exact) mass is 264 g/mol. The van der Waals surface area contributed by atoms with Crippen LogP contribution in [0.5, 0.6) is 0 Å². The molecule has 0 N–H and O–H groups in total. The van der Waals surface area contributed by atoms with Crippen LogP contribution in [0.3, 0.4) is 0 Å². The first-order chi connectivity index (χ1) is 8.90. The second-order valence-corrected chi connectivity index (χ2v) is 5.45. The first-order valence-electron chi connectivity index (χ1n) is 6.66. The van der Waals surface area contributed by atoms with Gasteiger partial charge in [0.15, 0.2) is 5.78 Å². The summed E-state index contributed by atoms with van der Waals surface area (Å²) in [5, 5.41) is 0. The number of piperazine rings is 1. The third-order valence-corrected chi connectivity index (χ3v) is 3.96. The van der Waals surface area contributed by atoms with E-state index < -0.39 is 0 Å². The number of ketones is 1. The largest absolute Gasteiger partial charge is 0.368 e. The number of halogens is 1. The molecule has 1 fully saturated rings. The van der Waals surface area contributed by atoms with Crippen LogP contribution in [0.25, 0.3) is 0 Å². The van der Waals surface area contributed by atoms with E-state index in [1.165, 1.54) is 13.0 Å². The van der Waals surface area contributed by atoms with Gasteiger partial charge in [-0.3, -0.25) is 4.79 Å². The summed E-state index contributed by atoms with van der Waals surface area (Å²) < 4.78 is 13.6. The fraction of sp³-hybridized carbons (Fsp3) is 0.533. The van der Waals surface area contributed by atoms with Crippen LogP contribution in [-0.2, 0) is 0 Å². The van der Waals surface area contributed by atoms with Gasteiger partial charge in [-0.1, -0.05) is 0 Å². The lowest BCUT2D eigenvalue weighted by molar-refractivity contribution is 0.101. The maximum atomic E-state index is 13.6. The van der Waals surface area contributed by atoms with E-state index in [0.29, 0.717) is 17.2 Å². The minimum atomic E-state index is -0.309. The second-order valence-electron chi connectivity index (χ2n) is 5.45. The van der Waals surface area contributed by atoms with Gasteiger partial charge in [0.25, 0.3) is 0 Å². The van der Waals surface area contributed by atoms with Crippen molar-refractivity contribution < 1.29 is 9.18 Å². The Morgan fingerprint density at radius 3 is 2.63 bits per heavy atom. The van der Waals surface area contributed by atoms with Gasteiger partial charge >= 0.3 is 0 Å². The van der Waals surface area contributed by atoms with Crippen molar-refractivity contribution in [1.82, 2.24) is 4.90 Å². The van der Waals surface area contributed by atoms with Crippen LogP contribution in [0.2, 0.25) is 0 Å².